The monoisotopic (exact) mass is 255 g/mol. The number of piperidine rings is 1. The Kier molecular flexibility index (Phi) is 4.73. The molecule has 1 saturated heterocycles. The van der Waals surface area contributed by atoms with Crippen molar-refractivity contribution in [3.05, 3.63) is 0 Å². The zero-order chi connectivity index (χ0) is 13.9. The fourth-order valence-electron chi connectivity index (χ4n) is 2.02. The minimum absolute atomic E-state index is 0.0937. The van der Waals surface area contributed by atoms with Gasteiger partial charge in [0.2, 0.25) is 11.8 Å². The Bertz CT molecular complexity index is 315. The largest absolute Gasteiger partial charge is 0.352 e. The molecule has 1 aliphatic heterocycles. The van der Waals surface area contributed by atoms with Crippen molar-refractivity contribution in [3.8, 4) is 0 Å². The van der Waals surface area contributed by atoms with Gasteiger partial charge >= 0.3 is 0 Å². The number of hydrogen-bond donors (Lipinski definition) is 2. The molecule has 0 aromatic heterocycles. The topological polar surface area (TPSA) is 75.4 Å². The molecule has 0 bridgehead atoms. The van der Waals surface area contributed by atoms with Crippen molar-refractivity contribution >= 4 is 11.8 Å². The maximum Gasteiger partial charge on any atom is 0.237 e. The Morgan fingerprint density at radius 2 is 1.78 bits per heavy atom. The number of carbonyl (C=O) groups excluding carboxylic acids is 2. The third-order valence-electron chi connectivity index (χ3n) is 3.50. The molecule has 1 heterocycles. The van der Waals surface area contributed by atoms with Gasteiger partial charge in [-0.25, -0.2) is 0 Å². The van der Waals surface area contributed by atoms with Gasteiger partial charge in [0.05, 0.1) is 6.04 Å². The van der Waals surface area contributed by atoms with Crippen LogP contribution in [0.3, 0.4) is 0 Å². The van der Waals surface area contributed by atoms with Gasteiger partial charge in [0.25, 0.3) is 0 Å². The Hall–Kier alpha value is -1.10. The van der Waals surface area contributed by atoms with Crippen LogP contribution in [0.2, 0.25) is 0 Å². The fraction of sp³-hybridized carbons (Fsp3) is 0.846. The first-order valence-electron chi connectivity index (χ1n) is 6.53. The molecular formula is C13H25N3O2. The molecule has 0 unspecified atom stereocenters. The van der Waals surface area contributed by atoms with Gasteiger partial charge < -0.3 is 16.0 Å². The first-order chi connectivity index (χ1) is 8.21. The summed E-state index contributed by atoms with van der Waals surface area (Å²) < 4.78 is 0. The molecule has 3 N–H and O–H groups in total. The molecule has 18 heavy (non-hydrogen) atoms. The lowest BCUT2D eigenvalue weighted by Gasteiger charge is -2.33. The second kappa shape index (κ2) is 5.69. The lowest BCUT2D eigenvalue weighted by molar-refractivity contribution is -0.130. The summed E-state index contributed by atoms with van der Waals surface area (Å²) in [5.41, 5.74) is 5.68. The van der Waals surface area contributed by atoms with Crippen LogP contribution in [0.5, 0.6) is 0 Å². The number of amides is 2. The quantitative estimate of drug-likeness (QED) is 0.754. The van der Waals surface area contributed by atoms with Gasteiger partial charge in [0, 0.05) is 26.1 Å². The summed E-state index contributed by atoms with van der Waals surface area (Å²) in [6.07, 6.45) is 1.62. The van der Waals surface area contributed by atoms with E-state index in [1.165, 1.54) is 0 Å². The van der Waals surface area contributed by atoms with Crippen LogP contribution in [0.4, 0.5) is 0 Å². The van der Waals surface area contributed by atoms with E-state index in [0.717, 1.165) is 12.8 Å². The molecule has 1 atom stereocenters. The summed E-state index contributed by atoms with van der Waals surface area (Å²) in [6.45, 7) is 8.87. The highest BCUT2D eigenvalue weighted by molar-refractivity contribution is 5.82. The van der Waals surface area contributed by atoms with Gasteiger partial charge in [0.15, 0.2) is 0 Å². The normalized spacial score (nSPS) is 19.5. The molecular weight excluding hydrogens is 230 g/mol. The van der Waals surface area contributed by atoms with Gasteiger partial charge in [-0.05, 0) is 18.3 Å². The van der Waals surface area contributed by atoms with Gasteiger partial charge in [0.1, 0.15) is 0 Å². The highest BCUT2D eigenvalue weighted by atomic mass is 16.2. The van der Waals surface area contributed by atoms with E-state index in [9.17, 15) is 9.59 Å². The Labute approximate surface area is 109 Å². The second-order valence-corrected chi connectivity index (χ2v) is 6.13. The average Bonchev–Trinajstić information content (AvgIpc) is 2.27. The molecule has 5 heteroatoms. The zero-order valence-corrected chi connectivity index (χ0v) is 11.8. The third-order valence-corrected chi connectivity index (χ3v) is 3.50. The van der Waals surface area contributed by atoms with Gasteiger partial charge in [-0.15, -0.1) is 0 Å². The summed E-state index contributed by atoms with van der Waals surface area (Å²) in [7, 11) is 0. The first kappa shape index (κ1) is 15.0. The van der Waals surface area contributed by atoms with Crippen LogP contribution in [0.15, 0.2) is 0 Å². The van der Waals surface area contributed by atoms with E-state index in [1.807, 2.05) is 25.7 Å². The Morgan fingerprint density at radius 3 is 2.17 bits per heavy atom. The summed E-state index contributed by atoms with van der Waals surface area (Å²) in [5.74, 6) is 0.00921. The summed E-state index contributed by atoms with van der Waals surface area (Å²) in [5, 5.41) is 2.98. The molecule has 0 aromatic carbocycles. The maximum atomic E-state index is 12.0. The van der Waals surface area contributed by atoms with Crippen molar-refractivity contribution in [2.45, 2.75) is 52.6 Å². The molecule has 0 saturated carbocycles. The van der Waals surface area contributed by atoms with E-state index in [-0.39, 0.29) is 23.3 Å². The van der Waals surface area contributed by atoms with Crippen molar-refractivity contribution < 1.29 is 9.59 Å². The number of nitrogens with one attached hydrogen (secondary N) is 1. The van der Waals surface area contributed by atoms with Crippen LogP contribution >= 0.6 is 0 Å². The van der Waals surface area contributed by atoms with E-state index in [1.54, 1.807) is 6.92 Å². The number of hydrogen-bond acceptors (Lipinski definition) is 3. The molecule has 1 aliphatic rings. The summed E-state index contributed by atoms with van der Waals surface area (Å²) in [6, 6.07) is -0.357. The van der Waals surface area contributed by atoms with Crippen LogP contribution in [0, 0.1) is 5.41 Å². The van der Waals surface area contributed by atoms with Crippen LogP contribution in [-0.2, 0) is 9.59 Å². The van der Waals surface area contributed by atoms with E-state index in [0.29, 0.717) is 13.1 Å². The predicted molar refractivity (Wildman–Crippen MR) is 70.8 cm³/mol. The van der Waals surface area contributed by atoms with Crippen molar-refractivity contribution in [2.24, 2.45) is 11.1 Å². The molecule has 5 nitrogen and oxygen atoms in total. The van der Waals surface area contributed by atoms with Crippen LogP contribution < -0.4 is 11.1 Å². The van der Waals surface area contributed by atoms with Gasteiger partial charge in [-0.3, -0.25) is 9.59 Å². The van der Waals surface area contributed by atoms with Crippen LogP contribution in [-0.4, -0.2) is 41.9 Å². The highest BCUT2D eigenvalue weighted by Crippen LogP contribution is 2.18. The molecule has 2 amide bonds. The fourth-order valence-corrected chi connectivity index (χ4v) is 2.02. The first-order valence-corrected chi connectivity index (χ1v) is 6.53. The van der Waals surface area contributed by atoms with Crippen molar-refractivity contribution in [1.82, 2.24) is 10.2 Å². The van der Waals surface area contributed by atoms with E-state index >= 15 is 0 Å². The maximum absolute atomic E-state index is 12.0. The zero-order valence-electron chi connectivity index (χ0n) is 11.8. The molecule has 0 aromatic rings. The molecule has 0 spiro atoms. The standard InChI is InChI=1S/C13H25N3O2/c1-9(17)16-7-5-10(6-8-16)15-12(18)11(14)13(2,3)4/h10-11H,5-8,14H2,1-4H3,(H,15,18)/t11-/m1/s1. The average molecular weight is 255 g/mol. The van der Waals surface area contributed by atoms with Crippen LogP contribution in [0.25, 0.3) is 0 Å². The number of nitrogens with two attached hydrogens (primary N) is 1. The molecule has 1 fully saturated rings. The lowest BCUT2D eigenvalue weighted by Crippen LogP contribution is -2.53. The minimum Gasteiger partial charge on any atom is -0.352 e. The smallest absolute Gasteiger partial charge is 0.237 e. The van der Waals surface area contributed by atoms with Crippen molar-refractivity contribution in [2.75, 3.05) is 13.1 Å². The van der Waals surface area contributed by atoms with Crippen molar-refractivity contribution in [3.63, 3.8) is 0 Å². The number of rotatable bonds is 2. The lowest BCUT2D eigenvalue weighted by atomic mass is 9.86. The number of likely N-dealkylation sites (tertiary alicyclic amines) is 1. The second-order valence-electron chi connectivity index (χ2n) is 6.13. The summed E-state index contributed by atoms with van der Waals surface area (Å²) in [4.78, 5) is 25.0. The van der Waals surface area contributed by atoms with E-state index in [2.05, 4.69) is 5.32 Å². The molecule has 104 valence electrons. The van der Waals surface area contributed by atoms with Gasteiger partial charge in [-0.2, -0.15) is 0 Å². The number of carbonyl (C=O) groups is 2. The third kappa shape index (κ3) is 3.98. The van der Waals surface area contributed by atoms with Crippen molar-refractivity contribution in [1.29, 1.82) is 0 Å². The van der Waals surface area contributed by atoms with Crippen LogP contribution in [0.1, 0.15) is 40.5 Å². The summed E-state index contributed by atoms with van der Waals surface area (Å²) >= 11 is 0. The highest BCUT2D eigenvalue weighted by Gasteiger charge is 2.30. The minimum atomic E-state index is -0.497. The molecule has 0 radical (unpaired) electrons. The van der Waals surface area contributed by atoms with E-state index < -0.39 is 6.04 Å². The Balaban J connectivity index is 2.42. The SMILES string of the molecule is CC(=O)N1CCC(NC(=O)[C@@H](N)C(C)(C)C)CC1. The molecule has 1 rings (SSSR count). The predicted octanol–water partition coefficient (Wildman–Crippen LogP) is 0.487. The molecule has 0 aliphatic carbocycles. The number of nitrogens with zero attached hydrogens (tertiary/aromatic N) is 1. The Morgan fingerprint density at radius 1 is 1.28 bits per heavy atom. The van der Waals surface area contributed by atoms with E-state index in [4.69, 9.17) is 5.73 Å². The van der Waals surface area contributed by atoms with Gasteiger partial charge in [-0.1, -0.05) is 20.8 Å².